The van der Waals surface area contributed by atoms with Crippen molar-refractivity contribution in [3.8, 4) is 0 Å². The highest BCUT2D eigenvalue weighted by atomic mass is 16.4. The van der Waals surface area contributed by atoms with Crippen molar-refractivity contribution in [3.63, 3.8) is 0 Å². The van der Waals surface area contributed by atoms with Gasteiger partial charge in [-0.15, -0.1) is 0 Å². The Bertz CT molecular complexity index is 530. The maximum Gasteiger partial charge on any atom is 0.346 e. The molecule has 2 rings (SSSR count). The maximum atomic E-state index is 11.6. The molecule has 1 atom stereocenters. The van der Waals surface area contributed by atoms with Crippen LogP contribution in [0.15, 0.2) is 33.5 Å². The van der Waals surface area contributed by atoms with Gasteiger partial charge in [-0.25, -0.2) is 9.78 Å². The fraction of sp³-hybridized carbons (Fsp3) is 0.333. The lowest BCUT2D eigenvalue weighted by Gasteiger charge is -2.06. The number of rotatable bonds is 2. The minimum atomic E-state index is -0.295. The van der Waals surface area contributed by atoms with Gasteiger partial charge in [0, 0.05) is 5.92 Å². The molecule has 0 bridgehead atoms. The molecular formula is C12H13NO2. The lowest BCUT2D eigenvalue weighted by molar-refractivity contribution is 0.410. The van der Waals surface area contributed by atoms with Crippen LogP contribution in [0.25, 0.3) is 10.9 Å². The monoisotopic (exact) mass is 203 g/mol. The van der Waals surface area contributed by atoms with Gasteiger partial charge in [-0.05, 0) is 18.6 Å². The lowest BCUT2D eigenvalue weighted by atomic mass is 10.1. The van der Waals surface area contributed by atoms with Crippen molar-refractivity contribution in [1.82, 2.24) is 4.98 Å². The molecule has 1 unspecified atom stereocenters. The van der Waals surface area contributed by atoms with Crippen LogP contribution in [0.1, 0.15) is 32.1 Å². The highest BCUT2D eigenvalue weighted by molar-refractivity contribution is 5.76. The van der Waals surface area contributed by atoms with E-state index in [1.807, 2.05) is 32.0 Å². The van der Waals surface area contributed by atoms with Crippen LogP contribution in [0, 0.1) is 0 Å². The Labute approximate surface area is 87.8 Å². The number of para-hydroxylation sites is 1. The molecule has 0 aliphatic rings. The van der Waals surface area contributed by atoms with Crippen LogP contribution >= 0.6 is 0 Å². The number of hydrogen-bond donors (Lipinski definition) is 0. The van der Waals surface area contributed by atoms with Crippen LogP contribution in [-0.4, -0.2) is 4.98 Å². The molecule has 1 heterocycles. The van der Waals surface area contributed by atoms with Gasteiger partial charge in [0.2, 0.25) is 5.89 Å². The molecule has 15 heavy (non-hydrogen) atoms. The summed E-state index contributed by atoms with van der Waals surface area (Å²) in [7, 11) is 0. The number of nitrogens with zero attached hydrogens (tertiary/aromatic N) is 1. The normalized spacial score (nSPS) is 12.9. The second-order valence-corrected chi connectivity index (χ2v) is 3.67. The molecule has 0 amide bonds. The van der Waals surface area contributed by atoms with Crippen LogP contribution < -0.4 is 5.63 Å². The summed E-state index contributed by atoms with van der Waals surface area (Å²) < 4.78 is 5.18. The van der Waals surface area contributed by atoms with Gasteiger partial charge in [0.25, 0.3) is 0 Å². The molecule has 1 aromatic heterocycles. The van der Waals surface area contributed by atoms with Crippen molar-refractivity contribution in [3.05, 3.63) is 40.6 Å². The summed E-state index contributed by atoms with van der Waals surface area (Å²) in [5, 5.41) is 0.546. The molecule has 0 fully saturated rings. The zero-order valence-corrected chi connectivity index (χ0v) is 8.86. The summed E-state index contributed by atoms with van der Waals surface area (Å²) in [4.78, 5) is 16.0. The first-order chi connectivity index (χ1) is 7.22. The van der Waals surface area contributed by atoms with Crippen LogP contribution in [0.5, 0.6) is 0 Å². The topological polar surface area (TPSA) is 43.1 Å². The van der Waals surface area contributed by atoms with Crippen molar-refractivity contribution in [2.45, 2.75) is 26.2 Å². The second kappa shape index (κ2) is 3.85. The van der Waals surface area contributed by atoms with E-state index in [0.717, 1.165) is 6.42 Å². The lowest BCUT2D eigenvalue weighted by Crippen LogP contribution is -2.06. The summed E-state index contributed by atoms with van der Waals surface area (Å²) in [6.07, 6.45) is 0.911. The van der Waals surface area contributed by atoms with Gasteiger partial charge in [0.15, 0.2) is 0 Å². The molecular weight excluding hydrogens is 190 g/mol. The first-order valence-electron chi connectivity index (χ1n) is 5.12. The van der Waals surface area contributed by atoms with Crippen LogP contribution in [0.2, 0.25) is 0 Å². The summed E-state index contributed by atoms with van der Waals surface area (Å²) in [6, 6.07) is 7.24. The zero-order valence-electron chi connectivity index (χ0n) is 8.86. The molecule has 0 aliphatic heterocycles. The molecule has 0 saturated heterocycles. The molecule has 0 saturated carbocycles. The van der Waals surface area contributed by atoms with E-state index in [-0.39, 0.29) is 11.5 Å². The van der Waals surface area contributed by atoms with E-state index in [0.29, 0.717) is 16.8 Å². The van der Waals surface area contributed by atoms with Crippen molar-refractivity contribution in [2.75, 3.05) is 0 Å². The Balaban J connectivity index is 2.67. The zero-order chi connectivity index (χ0) is 10.8. The Morgan fingerprint density at radius 2 is 2.13 bits per heavy atom. The van der Waals surface area contributed by atoms with Gasteiger partial charge < -0.3 is 4.42 Å². The van der Waals surface area contributed by atoms with Crippen LogP contribution in [0.4, 0.5) is 0 Å². The van der Waals surface area contributed by atoms with Crippen LogP contribution in [0.3, 0.4) is 0 Å². The third-order valence-corrected chi connectivity index (χ3v) is 2.59. The van der Waals surface area contributed by atoms with Crippen molar-refractivity contribution < 1.29 is 4.42 Å². The fourth-order valence-electron chi connectivity index (χ4n) is 1.42. The van der Waals surface area contributed by atoms with E-state index in [1.54, 1.807) is 6.07 Å². The van der Waals surface area contributed by atoms with Gasteiger partial charge >= 0.3 is 5.63 Å². The summed E-state index contributed by atoms with van der Waals surface area (Å²) in [5.41, 5.74) is 0.417. The number of fused-ring (bicyclic) bond motifs is 1. The highest BCUT2D eigenvalue weighted by Crippen LogP contribution is 2.17. The maximum absolute atomic E-state index is 11.6. The van der Waals surface area contributed by atoms with E-state index < -0.39 is 0 Å². The first-order valence-corrected chi connectivity index (χ1v) is 5.12. The standard InChI is InChI=1S/C12H13NO2/c1-3-8(2)11-13-10-7-5-4-6-9(10)12(14)15-11/h4-8H,3H2,1-2H3. The average Bonchev–Trinajstić information content (AvgIpc) is 2.28. The summed E-state index contributed by atoms with van der Waals surface area (Å²) in [5.74, 6) is 0.712. The fourth-order valence-corrected chi connectivity index (χ4v) is 1.42. The van der Waals surface area contributed by atoms with Gasteiger partial charge in [-0.1, -0.05) is 26.0 Å². The van der Waals surface area contributed by atoms with Gasteiger partial charge in [-0.2, -0.15) is 0 Å². The molecule has 0 N–H and O–H groups in total. The predicted molar refractivity (Wildman–Crippen MR) is 59.0 cm³/mol. The Morgan fingerprint density at radius 1 is 1.40 bits per heavy atom. The third-order valence-electron chi connectivity index (χ3n) is 2.59. The SMILES string of the molecule is CCC(C)c1nc2ccccc2c(=O)o1. The molecule has 3 heteroatoms. The van der Waals surface area contributed by atoms with Gasteiger partial charge in [0.1, 0.15) is 0 Å². The number of benzene rings is 1. The quantitative estimate of drug-likeness (QED) is 0.753. The summed E-state index contributed by atoms with van der Waals surface area (Å²) in [6.45, 7) is 4.04. The predicted octanol–water partition coefficient (Wildman–Crippen LogP) is 2.70. The Kier molecular flexibility index (Phi) is 2.54. The van der Waals surface area contributed by atoms with E-state index in [9.17, 15) is 4.79 Å². The highest BCUT2D eigenvalue weighted by Gasteiger charge is 2.10. The van der Waals surface area contributed by atoms with Crippen molar-refractivity contribution in [1.29, 1.82) is 0 Å². The number of aromatic nitrogens is 1. The van der Waals surface area contributed by atoms with Crippen molar-refractivity contribution in [2.24, 2.45) is 0 Å². The van der Waals surface area contributed by atoms with Crippen LogP contribution in [-0.2, 0) is 0 Å². The number of hydrogen-bond acceptors (Lipinski definition) is 3. The van der Waals surface area contributed by atoms with E-state index in [4.69, 9.17) is 4.42 Å². The Morgan fingerprint density at radius 3 is 2.87 bits per heavy atom. The van der Waals surface area contributed by atoms with E-state index in [1.165, 1.54) is 0 Å². The van der Waals surface area contributed by atoms with Gasteiger partial charge in [0.05, 0.1) is 10.9 Å². The molecule has 78 valence electrons. The summed E-state index contributed by atoms with van der Waals surface area (Å²) >= 11 is 0. The third kappa shape index (κ3) is 1.77. The molecule has 0 aliphatic carbocycles. The molecule has 1 aromatic carbocycles. The molecule has 2 aromatic rings. The van der Waals surface area contributed by atoms with Crippen molar-refractivity contribution >= 4 is 10.9 Å². The van der Waals surface area contributed by atoms with Gasteiger partial charge in [-0.3, -0.25) is 0 Å². The van der Waals surface area contributed by atoms with E-state index >= 15 is 0 Å². The molecule has 3 nitrogen and oxygen atoms in total. The van der Waals surface area contributed by atoms with E-state index in [2.05, 4.69) is 4.98 Å². The minimum absolute atomic E-state index is 0.183. The second-order valence-electron chi connectivity index (χ2n) is 3.67. The molecule has 0 radical (unpaired) electrons. The minimum Gasteiger partial charge on any atom is -0.408 e. The molecule has 0 spiro atoms. The first kappa shape index (κ1) is 9.90. The smallest absolute Gasteiger partial charge is 0.346 e. The average molecular weight is 203 g/mol. The largest absolute Gasteiger partial charge is 0.408 e. The Hall–Kier alpha value is -1.64.